The van der Waals surface area contributed by atoms with E-state index in [2.05, 4.69) is 59.4 Å². The third-order valence-corrected chi connectivity index (χ3v) is 2.79. The second kappa shape index (κ2) is 7.05. The smallest absolute Gasteiger partial charge is 0.0949 e. The molecule has 3 heteroatoms. The summed E-state index contributed by atoms with van der Waals surface area (Å²) in [7, 11) is 1.95. The quantitative estimate of drug-likeness (QED) is 0.865. The third kappa shape index (κ3) is 4.64. The zero-order chi connectivity index (χ0) is 12.0. The Morgan fingerprint density at radius 2 is 1.88 bits per heavy atom. The molecule has 0 aliphatic heterocycles. The van der Waals surface area contributed by atoms with E-state index in [0.717, 1.165) is 17.6 Å². The van der Waals surface area contributed by atoms with Gasteiger partial charge in [-0.1, -0.05) is 41.9 Å². The maximum Gasteiger partial charge on any atom is 0.0949 e. The van der Waals surface area contributed by atoms with Gasteiger partial charge in [0.1, 0.15) is 0 Å². The van der Waals surface area contributed by atoms with Crippen molar-refractivity contribution in [3.05, 3.63) is 34.3 Å². The second-order valence-electron chi connectivity index (χ2n) is 4.33. The molecule has 0 aromatic heterocycles. The molecular formula is C13H20BrNO. The number of hydrogen-bond acceptors (Lipinski definition) is 2. The lowest BCUT2D eigenvalue weighted by molar-refractivity contribution is 0.0363. The molecule has 16 heavy (non-hydrogen) atoms. The summed E-state index contributed by atoms with van der Waals surface area (Å²) in [5.74, 6) is 0.565. The standard InChI is InChI=1S/C13H20BrNO/c1-10(2)9-16-13(8-15-3)11-4-6-12(14)7-5-11/h4-7,10,13,15H,8-9H2,1-3H3. The fraction of sp³-hybridized carbons (Fsp3) is 0.538. The molecule has 1 aromatic carbocycles. The van der Waals surface area contributed by atoms with E-state index in [1.54, 1.807) is 0 Å². The topological polar surface area (TPSA) is 21.3 Å². The van der Waals surface area contributed by atoms with Crippen molar-refractivity contribution in [1.82, 2.24) is 5.32 Å². The first-order chi connectivity index (χ1) is 7.63. The zero-order valence-corrected chi connectivity index (χ0v) is 11.8. The molecule has 1 unspecified atom stereocenters. The number of nitrogens with one attached hydrogen (secondary N) is 1. The number of ether oxygens (including phenoxy) is 1. The van der Waals surface area contributed by atoms with Crippen LogP contribution in [0.25, 0.3) is 0 Å². The number of rotatable bonds is 6. The van der Waals surface area contributed by atoms with Gasteiger partial charge >= 0.3 is 0 Å². The molecule has 1 atom stereocenters. The first kappa shape index (κ1) is 13.7. The fourth-order valence-electron chi connectivity index (χ4n) is 1.44. The van der Waals surface area contributed by atoms with Gasteiger partial charge in [0.15, 0.2) is 0 Å². The lowest BCUT2D eigenvalue weighted by Crippen LogP contribution is -2.21. The van der Waals surface area contributed by atoms with E-state index in [9.17, 15) is 0 Å². The van der Waals surface area contributed by atoms with E-state index in [4.69, 9.17) is 4.74 Å². The van der Waals surface area contributed by atoms with Gasteiger partial charge in [-0.15, -0.1) is 0 Å². The highest BCUT2D eigenvalue weighted by Gasteiger charge is 2.11. The van der Waals surface area contributed by atoms with Crippen LogP contribution >= 0.6 is 15.9 Å². The van der Waals surface area contributed by atoms with Crippen LogP contribution in [0.3, 0.4) is 0 Å². The fourth-order valence-corrected chi connectivity index (χ4v) is 1.71. The monoisotopic (exact) mass is 285 g/mol. The Morgan fingerprint density at radius 1 is 1.25 bits per heavy atom. The van der Waals surface area contributed by atoms with E-state index in [1.165, 1.54) is 5.56 Å². The van der Waals surface area contributed by atoms with Gasteiger partial charge in [-0.3, -0.25) is 0 Å². The van der Waals surface area contributed by atoms with Crippen molar-refractivity contribution in [1.29, 1.82) is 0 Å². The molecule has 0 amide bonds. The number of hydrogen-bond donors (Lipinski definition) is 1. The Labute approximate surface area is 107 Å². The van der Waals surface area contributed by atoms with Crippen molar-refractivity contribution in [2.75, 3.05) is 20.2 Å². The van der Waals surface area contributed by atoms with E-state index >= 15 is 0 Å². The molecule has 0 saturated carbocycles. The van der Waals surface area contributed by atoms with Gasteiger partial charge in [0.25, 0.3) is 0 Å². The summed E-state index contributed by atoms with van der Waals surface area (Å²) in [6.45, 7) is 5.97. The van der Waals surface area contributed by atoms with Crippen LogP contribution in [0, 0.1) is 5.92 Å². The summed E-state index contributed by atoms with van der Waals surface area (Å²) in [5.41, 5.74) is 1.22. The lowest BCUT2D eigenvalue weighted by atomic mass is 10.1. The SMILES string of the molecule is CNCC(OCC(C)C)c1ccc(Br)cc1. The van der Waals surface area contributed by atoms with E-state index < -0.39 is 0 Å². The van der Waals surface area contributed by atoms with Crippen LogP contribution in [-0.4, -0.2) is 20.2 Å². The minimum absolute atomic E-state index is 0.139. The average molecular weight is 286 g/mol. The van der Waals surface area contributed by atoms with Crippen molar-refractivity contribution in [3.8, 4) is 0 Å². The Bertz CT molecular complexity index is 297. The first-order valence-corrected chi connectivity index (χ1v) is 6.44. The molecule has 1 N–H and O–H groups in total. The molecule has 0 aliphatic carbocycles. The summed E-state index contributed by atoms with van der Waals surface area (Å²) in [5, 5.41) is 3.17. The molecule has 1 aromatic rings. The highest BCUT2D eigenvalue weighted by Crippen LogP contribution is 2.20. The first-order valence-electron chi connectivity index (χ1n) is 5.65. The third-order valence-electron chi connectivity index (χ3n) is 2.26. The van der Waals surface area contributed by atoms with Gasteiger partial charge in [0, 0.05) is 17.6 Å². The number of benzene rings is 1. The molecule has 0 radical (unpaired) electrons. The molecular weight excluding hydrogens is 266 g/mol. The predicted molar refractivity (Wildman–Crippen MR) is 71.6 cm³/mol. The van der Waals surface area contributed by atoms with Crippen LogP contribution in [0.15, 0.2) is 28.7 Å². The van der Waals surface area contributed by atoms with Gasteiger partial charge in [-0.25, -0.2) is 0 Å². The maximum atomic E-state index is 5.89. The molecule has 0 saturated heterocycles. The zero-order valence-electron chi connectivity index (χ0n) is 10.2. The van der Waals surface area contributed by atoms with Crippen molar-refractivity contribution in [2.45, 2.75) is 20.0 Å². The van der Waals surface area contributed by atoms with Crippen molar-refractivity contribution in [2.24, 2.45) is 5.92 Å². The molecule has 0 fully saturated rings. The van der Waals surface area contributed by atoms with Crippen LogP contribution in [0.5, 0.6) is 0 Å². The predicted octanol–water partition coefficient (Wildman–Crippen LogP) is 3.38. The van der Waals surface area contributed by atoms with Crippen LogP contribution < -0.4 is 5.32 Å². The van der Waals surface area contributed by atoms with Gasteiger partial charge in [-0.05, 0) is 30.7 Å². The summed E-state index contributed by atoms with van der Waals surface area (Å²) in [6.07, 6.45) is 0.139. The van der Waals surface area contributed by atoms with Crippen LogP contribution in [-0.2, 0) is 4.74 Å². The van der Waals surface area contributed by atoms with Crippen molar-refractivity contribution in [3.63, 3.8) is 0 Å². The Kier molecular flexibility index (Phi) is 6.03. The minimum atomic E-state index is 0.139. The van der Waals surface area contributed by atoms with E-state index in [1.807, 2.05) is 7.05 Å². The molecule has 90 valence electrons. The summed E-state index contributed by atoms with van der Waals surface area (Å²) in [6, 6.07) is 8.31. The molecule has 0 aliphatic rings. The Hall–Kier alpha value is -0.380. The van der Waals surface area contributed by atoms with Crippen LogP contribution in [0.4, 0.5) is 0 Å². The van der Waals surface area contributed by atoms with Crippen molar-refractivity contribution < 1.29 is 4.74 Å². The van der Waals surface area contributed by atoms with Gasteiger partial charge < -0.3 is 10.1 Å². The minimum Gasteiger partial charge on any atom is -0.372 e. The van der Waals surface area contributed by atoms with Gasteiger partial charge in [0.05, 0.1) is 6.10 Å². The van der Waals surface area contributed by atoms with E-state index in [-0.39, 0.29) is 6.10 Å². The Balaban J connectivity index is 2.64. The largest absolute Gasteiger partial charge is 0.372 e. The molecule has 1 rings (SSSR count). The normalized spacial score (nSPS) is 13.1. The second-order valence-corrected chi connectivity index (χ2v) is 5.24. The van der Waals surface area contributed by atoms with Crippen LogP contribution in [0.2, 0.25) is 0 Å². The van der Waals surface area contributed by atoms with Crippen LogP contribution in [0.1, 0.15) is 25.5 Å². The summed E-state index contributed by atoms with van der Waals surface area (Å²) >= 11 is 3.44. The molecule has 0 heterocycles. The Morgan fingerprint density at radius 3 is 2.38 bits per heavy atom. The average Bonchev–Trinajstić information content (AvgIpc) is 2.25. The highest BCUT2D eigenvalue weighted by molar-refractivity contribution is 9.10. The van der Waals surface area contributed by atoms with E-state index in [0.29, 0.717) is 5.92 Å². The van der Waals surface area contributed by atoms with Gasteiger partial charge in [-0.2, -0.15) is 0 Å². The summed E-state index contributed by atoms with van der Waals surface area (Å²) in [4.78, 5) is 0. The van der Waals surface area contributed by atoms with Crippen molar-refractivity contribution >= 4 is 15.9 Å². The number of likely N-dealkylation sites (N-methyl/N-ethyl adjacent to an activating group) is 1. The maximum absolute atomic E-state index is 5.89. The highest BCUT2D eigenvalue weighted by atomic mass is 79.9. The molecule has 2 nitrogen and oxygen atoms in total. The number of halogens is 1. The lowest BCUT2D eigenvalue weighted by Gasteiger charge is -2.19. The van der Waals surface area contributed by atoms with Gasteiger partial charge in [0.2, 0.25) is 0 Å². The molecule has 0 bridgehead atoms. The molecule has 0 spiro atoms. The summed E-state index contributed by atoms with van der Waals surface area (Å²) < 4.78 is 6.99.